The molecule has 752 valence electrons. The number of unbranched alkanes of at least 4 members (excludes halogenated alkanes) is 56. The number of phosphoric ester groups is 2. The van der Waals surface area contributed by atoms with E-state index in [2.05, 4.69) is 59.6 Å². The van der Waals surface area contributed by atoms with Gasteiger partial charge in [-0.05, 0) is 58.8 Å². The van der Waals surface area contributed by atoms with Gasteiger partial charge in [0.25, 0.3) is 0 Å². The van der Waals surface area contributed by atoms with Crippen molar-refractivity contribution in [1.29, 1.82) is 0 Å². The van der Waals surface area contributed by atoms with Crippen molar-refractivity contribution >= 4 is 69.2 Å². The number of likely N-dealkylation sites (N-methyl/N-ethyl adjacent to an activating group) is 1. The molecular weight excluding hydrogens is 1670 g/mol. The number of ether oxygens (including phenoxy) is 4. The van der Waals surface area contributed by atoms with E-state index in [1.54, 1.807) is 0 Å². The average Bonchev–Trinajstić information content (AvgIpc) is 0.860. The molecular formula is C99H190N6O21P2. The first-order chi connectivity index (χ1) is 61.8. The van der Waals surface area contributed by atoms with E-state index in [-0.39, 0.29) is 71.0 Å². The smallest absolute Gasteiger partial charge is 0.461 e. The SMILES string of the molecule is CCCCCCCCCCCCCCCCCC(=O)OCC(C)(COP(=O)(O)OCCNC(=O)CCC(NC(=O)NCCC)C(=O)NC(CCC(=O)NCCOP(=O)(O)OCC(C)(COC(=O)CCCCCCCCCCCCCCCCC)OC(=O)CCCCCCCCCCCCCCCCC)C(=O)NC)OC(=O)CCCCCCCCCCCCCCCCC. The first-order valence-corrected chi connectivity index (χ1v) is 54.9. The van der Waals surface area contributed by atoms with Crippen molar-refractivity contribution in [2.24, 2.45) is 0 Å². The lowest BCUT2D eigenvalue weighted by atomic mass is 10.0. The van der Waals surface area contributed by atoms with Crippen LogP contribution in [0, 0.1) is 0 Å². The van der Waals surface area contributed by atoms with Gasteiger partial charge in [0, 0.05) is 65.2 Å². The maximum absolute atomic E-state index is 13.9. The molecule has 0 rings (SSSR count). The Labute approximate surface area is 777 Å². The number of carbonyl (C=O) groups excluding carboxylic acids is 9. The molecule has 0 aliphatic carbocycles. The molecule has 6 unspecified atom stereocenters. The summed E-state index contributed by atoms with van der Waals surface area (Å²) in [7, 11) is -8.46. The van der Waals surface area contributed by atoms with Crippen LogP contribution in [0.3, 0.4) is 0 Å². The molecule has 0 spiro atoms. The van der Waals surface area contributed by atoms with Gasteiger partial charge in [0.15, 0.2) is 11.2 Å². The number of phosphoric acid groups is 2. The second-order valence-corrected chi connectivity index (χ2v) is 39.4. The van der Waals surface area contributed by atoms with Gasteiger partial charge < -0.3 is 60.6 Å². The molecule has 128 heavy (non-hydrogen) atoms. The second kappa shape index (κ2) is 86.4. The Morgan fingerprint density at radius 3 is 0.773 bits per heavy atom. The average molecular weight is 1860 g/mol. The molecule has 6 amide bonds. The zero-order chi connectivity index (χ0) is 94.4. The van der Waals surface area contributed by atoms with E-state index in [9.17, 15) is 62.1 Å². The Morgan fingerprint density at radius 2 is 0.523 bits per heavy atom. The standard InChI is InChI=1S/C99H190N6O21P2/c1-9-14-18-22-26-30-34-38-42-46-50-54-58-62-66-70-91(108)119-83-98(6,125-93(110)72-68-64-60-56-52-48-44-40-36-32-28-24-20-16-11-3)85-123-127(115,116)121-81-79-101-89(106)76-74-87(95(112)100-8)104-96(113)88(105-97(114)103-78-13-5)75-77-90(107)102-80-82-122-128(117,118)124-86-99(7,126-94(111)73-69-65-61-57-53-49-45-41-37-33-29-25-21-17-12-4)84-120-92(109)71-67-63-59-55-51-47-43-39-35-31-27-23-19-15-10-2/h87-88H,9-86H2,1-8H3,(H,100,112)(H,101,106)(H,102,107)(H,104,113)(H,115,116)(H,117,118)(H2,103,105,114). The molecule has 8 N–H and O–H groups in total. The Bertz CT molecular complexity index is 2850. The second-order valence-electron chi connectivity index (χ2n) is 36.5. The minimum absolute atomic E-state index is 0.0887. The number of esters is 4. The highest BCUT2D eigenvalue weighted by Crippen LogP contribution is 2.45. The Balaban J connectivity index is 5.65. The van der Waals surface area contributed by atoms with Crippen LogP contribution in [0.5, 0.6) is 0 Å². The largest absolute Gasteiger partial charge is 0.472 e. The van der Waals surface area contributed by atoms with E-state index < -0.39 is 132 Å². The lowest BCUT2D eigenvalue weighted by Crippen LogP contribution is -2.55. The molecule has 29 heteroatoms. The minimum Gasteiger partial charge on any atom is -0.461 e. The highest BCUT2D eigenvalue weighted by atomic mass is 31.2. The van der Waals surface area contributed by atoms with E-state index in [0.29, 0.717) is 32.1 Å². The van der Waals surface area contributed by atoms with Crippen LogP contribution < -0.4 is 31.9 Å². The number of hydrogen-bond acceptors (Lipinski definition) is 19. The van der Waals surface area contributed by atoms with Crippen LogP contribution in [0.4, 0.5) is 4.79 Å². The summed E-state index contributed by atoms with van der Waals surface area (Å²) in [6.07, 6.45) is 70.2. The molecule has 0 fully saturated rings. The maximum Gasteiger partial charge on any atom is 0.472 e. The predicted octanol–water partition coefficient (Wildman–Crippen LogP) is 24.1. The fourth-order valence-electron chi connectivity index (χ4n) is 15.4. The zero-order valence-corrected chi connectivity index (χ0v) is 84.1. The van der Waals surface area contributed by atoms with Crippen molar-refractivity contribution < 1.29 is 99.1 Å². The van der Waals surface area contributed by atoms with Gasteiger partial charge in [0.05, 0.1) is 13.2 Å². The maximum atomic E-state index is 13.9. The predicted molar refractivity (Wildman–Crippen MR) is 514 cm³/mol. The summed E-state index contributed by atoms with van der Waals surface area (Å²) in [4.78, 5) is 141. The van der Waals surface area contributed by atoms with Gasteiger partial charge in [0.2, 0.25) is 23.6 Å². The topological polar surface area (TPSA) is 374 Å². The Morgan fingerprint density at radius 1 is 0.281 bits per heavy atom. The first-order valence-electron chi connectivity index (χ1n) is 51.9. The van der Waals surface area contributed by atoms with Crippen molar-refractivity contribution in [2.75, 3.05) is 66.3 Å². The van der Waals surface area contributed by atoms with Gasteiger partial charge >= 0.3 is 45.6 Å². The lowest BCUT2D eigenvalue weighted by molar-refractivity contribution is -0.175. The van der Waals surface area contributed by atoms with Crippen LogP contribution in [0.2, 0.25) is 0 Å². The van der Waals surface area contributed by atoms with Crippen molar-refractivity contribution in [3.63, 3.8) is 0 Å². The third-order valence-corrected chi connectivity index (χ3v) is 25.4. The van der Waals surface area contributed by atoms with E-state index in [4.69, 9.17) is 37.0 Å². The summed E-state index contributed by atoms with van der Waals surface area (Å²) < 4.78 is 70.6. The minimum atomic E-state index is -4.89. The summed E-state index contributed by atoms with van der Waals surface area (Å²) in [6.45, 7) is 10.0. The molecule has 0 aromatic rings. The fourth-order valence-corrected chi connectivity index (χ4v) is 17.1. The van der Waals surface area contributed by atoms with Gasteiger partial charge in [-0.1, -0.05) is 394 Å². The van der Waals surface area contributed by atoms with E-state index in [1.165, 1.54) is 284 Å². The fraction of sp³-hybridized carbons (Fsp3) is 0.909. The molecule has 0 saturated carbocycles. The molecule has 0 saturated heterocycles. The van der Waals surface area contributed by atoms with Gasteiger partial charge in [-0.3, -0.25) is 56.5 Å². The highest BCUT2D eigenvalue weighted by Gasteiger charge is 2.38. The molecule has 0 aliphatic rings. The number of urea groups is 1. The molecule has 6 atom stereocenters. The normalized spacial score (nSPS) is 13.8. The van der Waals surface area contributed by atoms with E-state index >= 15 is 0 Å². The molecule has 0 radical (unpaired) electrons. The van der Waals surface area contributed by atoms with Crippen LogP contribution in [0.1, 0.15) is 492 Å². The van der Waals surface area contributed by atoms with Crippen LogP contribution in [-0.4, -0.2) is 153 Å². The Kier molecular flexibility index (Phi) is 83.2. The molecule has 0 bridgehead atoms. The summed E-state index contributed by atoms with van der Waals surface area (Å²) in [5, 5.41) is 15.2. The van der Waals surface area contributed by atoms with Gasteiger partial charge in [-0.2, -0.15) is 0 Å². The van der Waals surface area contributed by atoms with E-state index in [0.717, 1.165) is 96.3 Å². The monoisotopic (exact) mass is 1860 g/mol. The zero-order valence-electron chi connectivity index (χ0n) is 82.4. The van der Waals surface area contributed by atoms with Gasteiger partial charge in [0.1, 0.15) is 38.5 Å². The number of amides is 6. The molecule has 27 nitrogen and oxygen atoms in total. The number of carbonyl (C=O) groups is 9. The molecule has 0 aromatic heterocycles. The van der Waals surface area contributed by atoms with Crippen LogP contribution in [-0.2, 0) is 84.5 Å². The highest BCUT2D eigenvalue weighted by molar-refractivity contribution is 7.47. The van der Waals surface area contributed by atoms with Gasteiger partial charge in [-0.15, -0.1) is 0 Å². The van der Waals surface area contributed by atoms with Crippen molar-refractivity contribution in [3.8, 4) is 0 Å². The number of rotatable bonds is 96. The quantitative estimate of drug-likeness (QED) is 0.0121. The molecule has 0 aromatic carbocycles. The summed E-state index contributed by atoms with van der Waals surface area (Å²) in [5.74, 6) is -4.99. The van der Waals surface area contributed by atoms with Gasteiger partial charge in [-0.25, -0.2) is 13.9 Å². The third kappa shape index (κ3) is 80.9. The number of hydrogen-bond donors (Lipinski definition) is 8. The van der Waals surface area contributed by atoms with Crippen LogP contribution in [0.15, 0.2) is 0 Å². The molecule has 0 aliphatic heterocycles. The first kappa shape index (κ1) is 123. The number of nitrogens with one attached hydrogen (secondary N) is 6. The lowest BCUT2D eigenvalue weighted by Gasteiger charge is -2.29. The van der Waals surface area contributed by atoms with E-state index in [1.807, 2.05) is 6.92 Å². The summed E-state index contributed by atoms with van der Waals surface area (Å²) in [6, 6.07) is -3.47. The van der Waals surface area contributed by atoms with Crippen molar-refractivity contribution in [1.82, 2.24) is 31.9 Å². The Hall–Kier alpha value is -4.75. The summed E-state index contributed by atoms with van der Waals surface area (Å²) >= 11 is 0. The van der Waals surface area contributed by atoms with Crippen LogP contribution >= 0.6 is 15.6 Å². The third-order valence-electron chi connectivity index (χ3n) is 23.5. The van der Waals surface area contributed by atoms with Crippen molar-refractivity contribution in [3.05, 3.63) is 0 Å². The van der Waals surface area contributed by atoms with Crippen LogP contribution in [0.25, 0.3) is 0 Å². The molecule has 0 heterocycles. The summed E-state index contributed by atoms with van der Waals surface area (Å²) in [5.41, 5.74) is -3.32. The van der Waals surface area contributed by atoms with Crippen molar-refractivity contribution in [2.45, 2.75) is 515 Å².